The van der Waals surface area contributed by atoms with Gasteiger partial charge in [-0.2, -0.15) is 0 Å². The van der Waals surface area contributed by atoms with E-state index in [9.17, 15) is 19.2 Å². The molecule has 2 aliphatic carbocycles. The van der Waals surface area contributed by atoms with Crippen LogP contribution >= 0.6 is 11.9 Å². The Balaban J connectivity index is 0.000000482. The number of alkyl carbamates (subject to hydrolysis) is 1. The Bertz CT molecular complexity index is 1300. The fourth-order valence-corrected chi connectivity index (χ4v) is 6.41. The SMILES string of the molecule is CC.CCCCN(CCN)C(=O)[C@H](CCCCC/C=C\C1CC1)NC(=O)OC(C)C.Cc1ccc(N2CCN(C)CC2)cc1CN(C)C(=O)O.O=CNSC1CC1. The number of amides is 4. The number of unbranched alkanes of at least 4 members (excludes halogenated alkanes) is 4. The summed E-state index contributed by atoms with van der Waals surface area (Å²) in [5, 5.41) is 12.5. The van der Waals surface area contributed by atoms with Gasteiger partial charge in [0, 0.05) is 70.3 Å². The van der Waals surface area contributed by atoms with E-state index in [0.29, 0.717) is 32.6 Å². The number of piperazine rings is 1. The molecular weight excluding hydrogens is 743 g/mol. The smallest absolute Gasteiger partial charge is 0.408 e. The van der Waals surface area contributed by atoms with Crippen LogP contribution < -0.4 is 20.7 Å². The summed E-state index contributed by atoms with van der Waals surface area (Å²) in [5.74, 6) is 0.781. The number of nitrogens with one attached hydrogen (secondary N) is 2. The van der Waals surface area contributed by atoms with Crippen molar-refractivity contribution in [1.29, 1.82) is 0 Å². The Labute approximate surface area is 349 Å². The summed E-state index contributed by atoms with van der Waals surface area (Å²) in [5.41, 5.74) is 9.09. The number of rotatable bonds is 21. The van der Waals surface area contributed by atoms with Crippen LogP contribution in [0.2, 0.25) is 0 Å². The highest BCUT2D eigenvalue weighted by Gasteiger charge is 2.26. The van der Waals surface area contributed by atoms with Gasteiger partial charge in [0.15, 0.2) is 0 Å². The van der Waals surface area contributed by atoms with Crippen molar-refractivity contribution < 1.29 is 29.0 Å². The Hall–Kier alpha value is -3.49. The maximum atomic E-state index is 13.0. The van der Waals surface area contributed by atoms with Crippen molar-refractivity contribution in [3.05, 3.63) is 41.5 Å². The molecule has 1 saturated heterocycles. The number of hydrogen-bond acceptors (Lipinski definition) is 9. The van der Waals surface area contributed by atoms with Crippen molar-refractivity contribution >= 4 is 42.1 Å². The van der Waals surface area contributed by atoms with Gasteiger partial charge in [-0.05, 0) is 120 Å². The predicted molar refractivity (Wildman–Crippen MR) is 236 cm³/mol. The first-order valence-corrected chi connectivity index (χ1v) is 22.2. The second-order valence-corrected chi connectivity index (χ2v) is 16.3. The largest absolute Gasteiger partial charge is 0.465 e. The zero-order valence-corrected chi connectivity index (χ0v) is 37.3. The van der Waals surface area contributed by atoms with E-state index in [0.717, 1.165) is 93.4 Å². The third kappa shape index (κ3) is 24.1. The molecule has 1 atom stereocenters. The highest BCUT2D eigenvalue weighted by atomic mass is 32.2. The van der Waals surface area contributed by atoms with Crippen molar-refractivity contribution in [2.24, 2.45) is 11.7 Å². The summed E-state index contributed by atoms with van der Waals surface area (Å²) in [7, 11) is 3.74. The topological polar surface area (TPSA) is 161 Å². The van der Waals surface area contributed by atoms with Crippen molar-refractivity contribution in [2.45, 2.75) is 136 Å². The van der Waals surface area contributed by atoms with Crippen LogP contribution in [-0.4, -0.2) is 122 Å². The average Bonchev–Trinajstić information content (AvgIpc) is 4.14. The van der Waals surface area contributed by atoms with Gasteiger partial charge in [-0.15, -0.1) is 0 Å². The molecular formula is C43H77N7O6S. The minimum atomic E-state index is -0.894. The Kier molecular flexibility index (Phi) is 27.6. The number of aryl methyl sites for hydroxylation is 1. The van der Waals surface area contributed by atoms with Gasteiger partial charge in [0.2, 0.25) is 12.3 Å². The van der Waals surface area contributed by atoms with E-state index in [4.69, 9.17) is 15.6 Å². The lowest BCUT2D eigenvalue weighted by Crippen LogP contribution is -2.50. The third-order valence-electron chi connectivity index (χ3n) is 9.56. The Morgan fingerprint density at radius 3 is 2.28 bits per heavy atom. The average molecular weight is 820 g/mol. The van der Waals surface area contributed by atoms with E-state index in [-0.39, 0.29) is 12.0 Å². The first kappa shape index (κ1) is 51.5. The summed E-state index contributed by atoms with van der Waals surface area (Å²) < 4.78 is 7.73. The highest BCUT2D eigenvalue weighted by Crippen LogP contribution is 2.31. The van der Waals surface area contributed by atoms with E-state index in [1.807, 2.05) is 20.8 Å². The van der Waals surface area contributed by atoms with Gasteiger partial charge < -0.3 is 45.2 Å². The molecule has 0 aromatic heterocycles. The second kappa shape index (κ2) is 30.6. The summed E-state index contributed by atoms with van der Waals surface area (Å²) in [6, 6.07) is 5.79. The molecule has 3 aliphatic rings. The molecule has 0 bridgehead atoms. The van der Waals surface area contributed by atoms with E-state index < -0.39 is 18.2 Å². The van der Waals surface area contributed by atoms with Crippen LogP contribution in [-0.2, 0) is 20.9 Å². The number of carbonyl (C=O) groups excluding carboxylic acids is 3. The molecule has 1 aromatic rings. The fraction of sp³-hybridized carbons (Fsp3) is 0.721. The first-order valence-electron chi connectivity index (χ1n) is 21.3. The van der Waals surface area contributed by atoms with Gasteiger partial charge in [0.05, 0.1) is 6.10 Å². The molecule has 5 N–H and O–H groups in total. The van der Waals surface area contributed by atoms with Gasteiger partial charge in [-0.25, -0.2) is 9.59 Å². The Morgan fingerprint density at radius 2 is 1.72 bits per heavy atom. The molecule has 4 rings (SSSR count). The van der Waals surface area contributed by atoms with Crippen molar-refractivity contribution in [3.8, 4) is 0 Å². The predicted octanol–water partition coefficient (Wildman–Crippen LogP) is 7.42. The summed E-state index contributed by atoms with van der Waals surface area (Å²) in [6.45, 7) is 17.9. The zero-order valence-electron chi connectivity index (χ0n) is 36.5. The lowest BCUT2D eigenvalue weighted by molar-refractivity contribution is -0.133. The van der Waals surface area contributed by atoms with Gasteiger partial charge in [-0.3, -0.25) is 9.59 Å². The molecule has 57 heavy (non-hydrogen) atoms. The number of carboxylic acid groups (broad SMARTS) is 1. The number of nitrogens with two attached hydrogens (primary N) is 1. The standard InChI is InChI=1S/C22H41N3O3.C15H23N3O2.C4H7NOS.C2H6/c1-4-5-16-25(17-15-23)21(26)20(24-22(27)28-18(2)3)12-10-8-6-7-9-11-19-13-14-19;1-12-4-5-14(18-8-6-16(2)7-9-18)10-13(12)11-17(3)15(19)20;6-3-5-7-4-1-2-4;1-2/h9,11,18-20H,4-8,10,12-17,23H2,1-3H3,(H,24,27);4-5,10H,6-9,11H2,1-3H3,(H,19,20);3-4H,1-2H2,(H,5,6);1-2H3/b11-9-;;;/t20-;;;/m0.../s1. The van der Waals surface area contributed by atoms with Gasteiger partial charge in [0.1, 0.15) is 6.04 Å². The monoisotopic (exact) mass is 820 g/mol. The lowest BCUT2D eigenvalue weighted by atomic mass is 10.1. The quantitative estimate of drug-likeness (QED) is 0.0426. The van der Waals surface area contributed by atoms with Crippen LogP contribution in [0.25, 0.3) is 0 Å². The summed E-state index contributed by atoms with van der Waals surface area (Å²) in [4.78, 5) is 53.4. The van der Waals surface area contributed by atoms with E-state index >= 15 is 0 Å². The fourth-order valence-electron chi connectivity index (χ4n) is 5.79. The molecule has 2 saturated carbocycles. The molecule has 0 spiro atoms. The van der Waals surface area contributed by atoms with E-state index in [1.165, 1.54) is 48.2 Å². The van der Waals surface area contributed by atoms with Crippen molar-refractivity contribution in [1.82, 2.24) is 24.7 Å². The van der Waals surface area contributed by atoms with Crippen molar-refractivity contribution in [2.75, 3.05) is 64.8 Å². The molecule has 1 aromatic carbocycles. The highest BCUT2D eigenvalue weighted by molar-refractivity contribution is 7.98. The van der Waals surface area contributed by atoms with Crippen LogP contribution in [0, 0.1) is 12.8 Å². The van der Waals surface area contributed by atoms with Gasteiger partial charge >= 0.3 is 12.2 Å². The third-order valence-corrected chi connectivity index (χ3v) is 10.6. The second-order valence-electron chi connectivity index (χ2n) is 15.1. The summed E-state index contributed by atoms with van der Waals surface area (Å²) in [6.07, 6.45) is 15.7. The number of likely N-dealkylation sites (N-methyl/N-ethyl adjacent to an activating group) is 1. The lowest BCUT2D eigenvalue weighted by Gasteiger charge is -2.34. The molecule has 0 unspecified atom stereocenters. The van der Waals surface area contributed by atoms with Crippen LogP contribution in [0.1, 0.15) is 116 Å². The van der Waals surface area contributed by atoms with Crippen LogP contribution in [0.15, 0.2) is 30.4 Å². The molecule has 326 valence electrons. The number of benzene rings is 1. The molecule has 0 radical (unpaired) electrons. The number of anilines is 1. The number of carbonyl (C=O) groups is 4. The number of ether oxygens (including phenoxy) is 1. The molecule has 4 amide bonds. The minimum Gasteiger partial charge on any atom is -0.465 e. The molecule has 1 heterocycles. The van der Waals surface area contributed by atoms with Gasteiger partial charge in [0.25, 0.3) is 0 Å². The normalized spacial score (nSPS) is 15.5. The number of hydrogen-bond donors (Lipinski definition) is 4. The number of allylic oxidation sites excluding steroid dienone is 2. The van der Waals surface area contributed by atoms with E-state index in [1.54, 1.807) is 25.8 Å². The maximum absolute atomic E-state index is 13.0. The molecule has 14 heteroatoms. The van der Waals surface area contributed by atoms with Crippen LogP contribution in [0.4, 0.5) is 15.3 Å². The first-order chi connectivity index (χ1) is 27.4. The minimum absolute atomic E-state index is 0.0479. The maximum Gasteiger partial charge on any atom is 0.408 e. The zero-order chi connectivity index (χ0) is 42.6. The molecule has 1 aliphatic heterocycles. The summed E-state index contributed by atoms with van der Waals surface area (Å²) >= 11 is 1.52. The number of nitrogens with zero attached hydrogens (tertiary/aromatic N) is 4. The van der Waals surface area contributed by atoms with Gasteiger partial charge in [-0.1, -0.05) is 58.3 Å². The molecule has 3 fully saturated rings. The molecule has 13 nitrogen and oxygen atoms in total. The van der Waals surface area contributed by atoms with Crippen LogP contribution in [0.5, 0.6) is 0 Å². The Morgan fingerprint density at radius 1 is 1.04 bits per heavy atom. The van der Waals surface area contributed by atoms with Crippen molar-refractivity contribution in [3.63, 3.8) is 0 Å². The van der Waals surface area contributed by atoms with E-state index in [2.05, 4.69) is 64.2 Å². The van der Waals surface area contributed by atoms with Crippen LogP contribution in [0.3, 0.4) is 0 Å².